The lowest BCUT2D eigenvalue weighted by Crippen LogP contribution is -2.13. The molecule has 0 spiro atoms. The van der Waals surface area contributed by atoms with Crippen LogP contribution >= 0.6 is 11.3 Å². The van der Waals surface area contributed by atoms with Gasteiger partial charge in [-0.1, -0.05) is 18.2 Å². The van der Waals surface area contributed by atoms with E-state index in [2.05, 4.69) is 0 Å². The Morgan fingerprint density at radius 3 is 2.78 bits per heavy atom. The third-order valence-electron chi connectivity index (χ3n) is 2.76. The Hall–Kier alpha value is -1.49. The highest BCUT2D eigenvalue weighted by Gasteiger charge is 2.33. The van der Waals surface area contributed by atoms with E-state index in [1.54, 1.807) is 18.2 Å². The number of aliphatic carboxylic acids is 1. The second-order valence-electron chi connectivity index (χ2n) is 4.10. The molecule has 0 unspecified atom stereocenters. The average molecular weight is 270 g/mol. The Morgan fingerprint density at radius 2 is 2.06 bits per heavy atom. The maximum atomic E-state index is 14.0. The zero-order valence-electron chi connectivity index (χ0n) is 9.53. The molecule has 0 fully saturated rings. The Balaban J connectivity index is 2.20. The molecule has 2 rings (SSSR count). The summed E-state index contributed by atoms with van der Waals surface area (Å²) in [5, 5.41) is 10.5. The van der Waals surface area contributed by atoms with E-state index in [1.165, 1.54) is 16.7 Å². The molecule has 1 aromatic carbocycles. The molecular weight excluding hydrogens is 258 g/mol. The van der Waals surface area contributed by atoms with Crippen LogP contribution in [0.2, 0.25) is 0 Å². The predicted molar refractivity (Wildman–Crippen MR) is 67.2 cm³/mol. The van der Waals surface area contributed by atoms with Crippen LogP contribution in [0, 0.1) is 0 Å². The van der Waals surface area contributed by atoms with Crippen LogP contribution in [0.5, 0.6) is 0 Å². The van der Waals surface area contributed by atoms with E-state index in [4.69, 9.17) is 5.11 Å². The van der Waals surface area contributed by atoms with Crippen molar-refractivity contribution < 1.29 is 18.7 Å². The third kappa shape index (κ3) is 2.67. The van der Waals surface area contributed by atoms with Gasteiger partial charge in [0.15, 0.2) is 0 Å². The molecule has 2 nitrogen and oxygen atoms in total. The zero-order valence-corrected chi connectivity index (χ0v) is 10.3. The van der Waals surface area contributed by atoms with Crippen LogP contribution in [-0.2, 0) is 10.7 Å². The van der Waals surface area contributed by atoms with Crippen LogP contribution < -0.4 is 0 Å². The van der Waals surface area contributed by atoms with Gasteiger partial charge in [-0.2, -0.15) is 0 Å². The number of halogens is 2. The van der Waals surface area contributed by atoms with Crippen LogP contribution in [0.4, 0.5) is 8.78 Å². The zero-order chi connectivity index (χ0) is 13.2. The molecule has 0 amide bonds. The molecule has 0 atom stereocenters. The monoisotopic (exact) mass is 270 g/mol. The lowest BCUT2D eigenvalue weighted by Gasteiger charge is -2.15. The molecule has 1 heterocycles. The highest BCUT2D eigenvalue weighted by Crippen LogP contribution is 2.40. The van der Waals surface area contributed by atoms with Crippen molar-refractivity contribution in [3.63, 3.8) is 0 Å². The van der Waals surface area contributed by atoms with E-state index in [0.717, 1.165) is 4.70 Å². The first kappa shape index (κ1) is 13.0. The molecule has 0 saturated heterocycles. The summed E-state index contributed by atoms with van der Waals surface area (Å²) in [4.78, 5) is 10.3. The summed E-state index contributed by atoms with van der Waals surface area (Å²) in [5.41, 5.74) is 0.00786. The van der Waals surface area contributed by atoms with Gasteiger partial charge in [-0.05, 0) is 12.5 Å². The van der Waals surface area contributed by atoms with Crippen LogP contribution in [0.25, 0.3) is 10.1 Å². The first-order valence-corrected chi connectivity index (χ1v) is 6.45. The van der Waals surface area contributed by atoms with Crippen molar-refractivity contribution in [1.82, 2.24) is 0 Å². The maximum Gasteiger partial charge on any atom is 0.303 e. The van der Waals surface area contributed by atoms with Crippen LogP contribution in [0.15, 0.2) is 29.6 Å². The van der Waals surface area contributed by atoms with Crippen LogP contribution in [0.3, 0.4) is 0 Å². The highest BCUT2D eigenvalue weighted by atomic mass is 32.1. The van der Waals surface area contributed by atoms with Crippen molar-refractivity contribution >= 4 is 27.4 Å². The molecule has 0 aliphatic heterocycles. The Morgan fingerprint density at radius 1 is 1.33 bits per heavy atom. The van der Waals surface area contributed by atoms with E-state index in [-0.39, 0.29) is 18.4 Å². The van der Waals surface area contributed by atoms with Crippen molar-refractivity contribution in [2.24, 2.45) is 0 Å². The Labute approximate surface area is 107 Å². The number of hydrogen-bond acceptors (Lipinski definition) is 2. The van der Waals surface area contributed by atoms with Crippen molar-refractivity contribution in [2.75, 3.05) is 0 Å². The second-order valence-corrected chi connectivity index (χ2v) is 5.01. The highest BCUT2D eigenvalue weighted by molar-refractivity contribution is 7.17. The van der Waals surface area contributed by atoms with E-state index in [9.17, 15) is 13.6 Å². The average Bonchev–Trinajstić information content (AvgIpc) is 2.72. The van der Waals surface area contributed by atoms with Crippen molar-refractivity contribution in [1.29, 1.82) is 0 Å². The lowest BCUT2D eigenvalue weighted by atomic mass is 10.0. The van der Waals surface area contributed by atoms with Gasteiger partial charge in [0.1, 0.15) is 0 Å². The SMILES string of the molecule is O=C(O)CCCC(F)(F)c1csc2ccccc12. The van der Waals surface area contributed by atoms with Gasteiger partial charge < -0.3 is 5.11 Å². The summed E-state index contributed by atoms with van der Waals surface area (Å²) in [6, 6.07) is 7.01. The molecule has 0 aliphatic rings. The molecular formula is C13H12F2O2S. The minimum atomic E-state index is -2.96. The summed E-state index contributed by atoms with van der Waals surface area (Å²) < 4.78 is 28.8. The topological polar surface area (TPSA) is 37.3 Å². The van der Waals surface area contributed by atoms with Crippen molar-refractivity contribution in [2.45, 2.75) is 25.2 Å². The molecule has 5 heteroatoms. The van der Waals surface area contributed by atoms with Crippen molar-refractivity contribution in [3.8, 4) is 0 Å². The van der Waals surface area contributed by atoms with Gasteiger partial charge in [0.25, 0.3) is 5.92 Å². The summed E-state index contributed by atoms with van der Waals surface area (Å²) in [6.45, 7) is 0. The Kier molecular flexibility index (Phi) is 3.61. The largest absolute Gasteiger partial charge is 0.481 e. The summed E-state index contributed by atoms with van der Waals surface area (Å²) in [7, 11) is 0. The molecule has 1 N–H and O–H groups in total. The minimum Gasteiger partial charge on any atom is -0.481 e. The van der Waals surface area contributed by atoms with E-state index in [1.807, 2.05) is 6.07 Å². The second kappa shape index (κ2) is 5.02. The normalized spacial score (nSPS) is 11.9. The van der Waals surface area contributed by atoms with Gasteiger partial charge in [-0.15, -0.1) is 11.3 Å². The van der Waals surface area contributed by atoms with E-state index in [0.29, 0.717) is 5.39 Å². The number of carbonyl (C=O) groups is 1. The molecule has 18 heavy (non-hydrogen) atoms. The number of rotatable bonds is 5. The number of thiophene rings is 1. The van der Waals surface area contributed by atoms with Gasteiger partial charge in [0.2, 0.25) is 0 Å². The standard InChI is InChI=1S/C13H12F2O2S/c14-13(15,7-3-6-12(16)17)10-8-18-11-5-2-1-4-9(10)11/h1-2,4-5,8H,3,6-7H2,(H,16,17). The molecule has 0 bridgehead atoms. The summed E-state index contributed by atoms with van der Waals surface area (Å²) >= 11 is 1.28. The first-order chi connectivity index (χ1) is 8.50. The molecule has 0 saturated carbocycles. The number of carboxylic acid groups (broad SMARTS) is 1. The first-order valence-electron chi connectivity index (χ1n) is 5.57. The molecule has 0 aliphatic carbocycles. The van der Waals surface area contributed by atoms with Gasteiger partial charge in [0, 0.05) is 33.9 Å². The molecule has 0 radical (unpaired) electrons. The Bertz CT molecular complexity index is 563. The fraction of sp³-hybridized carbons (Fsp3) is 0.308. The quantitative estimate of drug-likeness (QED) is 0.882. The predicted octanol–water partition coefficient (Wildman–Crippen LogP) is 4.25. The van der Waals surface area contributed by atoms with Crippen LogP contribution in [0.1, 0.15) is 24.8 Å². The molecule has 1 aromatic heterocycles. The summed E-state index contributed by atoms with van der Waals surface area (Å²) in [5.74, 6) is -4.00. The van der Waals surface area contributed by atoms with Gasteiger partial charge in [0.05, 0.1) is 0 Å². The number of alkyl halides is 2. The maximum absolute atomic E-state index is 14.0. The third-order valence-corrected chi connectivity index (χ3v) is 3.72. The smallest absolute Gasteiger partial charge is 0.303 e. The number of fused-ring (bicyclic) bond motifs is 1. The molecule has 96 valence electrons. The van der Waals surface area contributed by atoms with Gasteiger partial charge in [-0.3, -0.25) is 4.79 Å². The van der Waals surface area contributed by atoms with Gasteiger partial charge in [-0.25, -0.2) is 8.78 Å². The van der Waals surface area contributed by atoms with Gasteiger partial charge >= 0.3 is 5.97 Å². The van der Waals surface area contributed by atoms with Crippen molar-refractivity contribution in [3.05, 3.63) is 35.2 Å². The number of benzene rings is 1. The van der Waals surface area contributed by atoms with E-state index < -0.39 is 18.3 Å². The fourth-order valence-electron chi connectivity index (χ4n) is 1.86. The number of carboxylic acids is 1. The summed E-state index contributed by atoms with van der Waals surface area (Å²) in [6.07, 6.45) is -0.676. The van der Waals surface area contributed by atoms with E-state index >= 15 is 0 Å². The fourth-order valence-corrected chi connectivity index (χ4v) is 2.86. The van der Waals surface area contributed by atoms with Crippen LogP contribution in [-0.4, -0.2) is 11.1 Å². The number of hydrogen-bond donors (Lipinski definition) is 1. The minimum absolute atomic E-state index is 0.00786. The molecule has 2 aromatic rings. The lowest BCUT2D eigenvalue weighted by molar-refractivity contribution is -0.137.